The van der Waals surface area contributed by atoms with Crippen LogP contribution < -0.4 is 19.5 Å². The zero-order chi connectivity index (χ0) is 28.0. The van der Waals surface area contributed by atoms with E-state index >= 15 is 0 Å². The molecule has 1 aliphatic carbocycles. The molecule has 0 radical (unpaired) electrons. The van der Waals surface area contributed by atoms with Crippen LogP contribution in [0.2, 0.25) is 5.02 Å². The summed E-state index contributed by atoms with van der Waals surface area (Å²) in [6, 6.07) is 16.6. The molecule has 0 aromatic heterocycles. The Morgan fingerprint density at radius 3 is 2.51 bits per heavy atom. The van der Waals surface area contributed by atoms with Crippen LogP contribution in [0.1, 0.15) is 68.9 Å². The number of rotatable bonds is 13. The molecule has 0 amide bonds. The fourth-order valence-electron chi connectivity index (χ4n) is 5.10. The zero-order valence-electron chi connectivity index (χ0n) is 23.9. The molecule has 0 bridgehead atoms. The molecule has 39 heavy (non-hydrogen) atoms. The summed E-state index contributed by atoms with van der Waals surface area (Å²) in [6.45, 7) is 12.9. The van der Waals surface area contributed by atoms with E-state index in [-0.39, 0.29) is 18.1 Å². The predicted octanol–water partition coefficient (Wildman–Crippen LogP) is 7.68. The van der Waals surface area contributed by atoms with Crippen LogP contribution in [0.5, 0.6) is 17.2 Å². The van der Waals surface area contributed by atoms with Gasteiger partial charge in [0.25, 0.3) is 0 Å². The summed E-state index contributed by atoms with van der Waals surface area (Å²) in [4.78, 5) is 0. The van der Waals surface area contributed by atoms with Crippen LogP contribution >= 0.6 is 11.6 Å². The van der Waals surface area contributed by atoms with Crippen molar-refractivity contribution in [1.29, 1.82) is 0 Å². The van der Waals surface area contributed by atoms with Crippen LogP contribution in [0.3, 0.4) is 0 Å². The van der Waals surface area contributed by atoms with Crippen molar-refractivity contribution in [2.75, 3.05) is 26.4 Å². The molecule has 2 N–H and O–H groups in total. The lowest BCUT2D eigenvalue weighted by atomic mass is 9.93. The topological polar surface area (TPSA) is 60.0 Å². The SMILES string of the molecule is CCCOc1cccc(-c2cccc3c2CC[C@@H]3Oc2cc(OCC)c(CNCC(C)(C)CO)cc2Cl)c1C. The largest absolute Gasteiger partial charge is 0.493 e. The number of halogens is 1. The highest BCUT2D eigenvalue weighted by Gasteiger charge is 2.28. The average molecular weight is 552 g/mol. The first-order valence-electron chi connectivity index (χ1n) is 14.1. The highest BCUT2D eigenvalue weighted by molar-refractivity contribution is 6.32. The summed E-state index contributed by atoms with van der Waals surface area (Å²) in [5.74, 6) is 2.34. The van der Waals surface area contributed by atoms with Gasteiger partial charge in [0.2, 0.25) is 0 Å². The monoisotopic (exact) mass is 551 g/mol. The van der Waals surface area contributed by atoms with E-state index < -0.39 is 0 Å². The van der Waals surface area contributed by atoms with E-state index in [1.54, 1.807) is 0 Å². The van der Waals surface area contributed by atoms with Gasteiger partial charge in [0.15, 0.2) is 0 Å². The maximum Gasteiger partial charge on any atom is 0.142 e. The number of hydrogen-bond donors (Lipinski definition) is 2. The Hall–Kier alpha value is -2.73. The number of benzene rings is 3. The van der Waals surface area contributed by atoms with Crippen molar-refractivity contribution in [3.8, 4) is 28.4 Å². The van der Waals surface area contributed by atoms with Crippen LogP contribution in [0, 0.1) is 12.3 Å². The van der Waals surface area contributed by atoms with Gasteiger partial charge in [0, 0.05) is 36.7 Å². The number of fused-ring (bicyclic) bond motifs is 1. The molecule has 6 heteroatoms. The summed E-state index contributed by atoms with van der Waals surface area (Å²) in [7, 11) is 0. The Morgan fingerprint density at radius 1 is 1.00 bits per heavy atom. The van der Waals surface area contributed by atoms with Gasteiger partial charge in [0.05, 0.1) is 18.2 Å². The average Bonchev–Trinajstić information content (AvgIpc) is 3.33. The van der Waals surface area contributed by atoms with Crippen LogP contribution in [-0.2, 0) is 13.0 Å². The summed E-state index contributed by atoms with van der Waals surface area (Å²) >= 11 is 6.75. The van der Waals surface area contributed by atoms with Gasteiger partial charge in [-0.15, -0.1) is 0 Å². The Morgan fingerprint density at radius 2 is 1.77 bits per heavy atom. The van der Waals surface area contributed by atoms with Crippen molar-refractivity contribution in [2.24, 2.45) is 5.41 Å². The van der Waals surface area contributed by atoms with Gasteiger partial charge >= 0.3 is 0 Å². The minimum atomic E-state index is -0.199. The van der Waals surface area contributed by atoms with Crippen LogP contribution in [-0.4, -0.2) is 31.5 Å². The molecular formula is C33H42ClNO4. The lowest BCUT2D eigenvalue weighted by Gasteiger charge is -2.23. The van der Waals surface area contributed by atoms with Crippen molar-refractivity contribution in [3.63, 3.8) is 0 Å². The third-order valence-electron chi connectivity index (χ3n) is 7.28. The fraction of sp³-hybridized carbons (Fsp3) is 0.455. The van der Waals surface area contributed by atoms with Gasteiger partial charge in [-0.1, -0.05) is 62.7 Å². The third kappa shape index (κ3) is 6.89. The van der Waals surface area contributed by atoms with E-state index in [9.17, 15) is 5.11 Å². The maximum absolute atomic E-state index is 9.55. The zero-order valence-corrected chi connectivity index (χ0v) is 24.7. The molecule has 0 aliphatic heterocycles. The summed E-state index contributed by atoms with van der Waals surface area (Å²) < 4.78 is 18.5. The third-order valence-corrected chi connectivity index (χ3v) is 7.58. The summed E-state index contributed by atoms with van der Waals surface area (Å²) in [6.07, 6.45) is 2.73. The standard InChI is InChI=1S/C33H42ClNO4/c1-6-16-38-29-13-9-10-24(22(29)3)25-11-8-12-27-26(25)14-15-30(27)39-32-18-31(37-7-2)23(17-28(32)34)19-35-20-33(4,5)21-36/h8-13,17-18,30,35-36H,6-7,14-16,19-21H2,1-5H3/t30-/m0/s1. The van der Waals surface area contributed by atoms with Gasteiger partial charge < -0.3 is 24.6 Å². The van der Waals surface area contributed by atoms with Gasteiger partial charge in [0.1, 0.15) is 23.4 Å². The molecule has 0 saturated heterocycles. The second-order valence-corrected chi connectivity index (χ2v) is 11.5. The molecule has 0 spiro atoms. The molecule has 210 valence electrons. The Balaban J connectivity index is 1.57. The van der Waals surface area contributed by atoms with Crippen molar-refractivity contribution in [3.05, 3.63) is 75.8 Å². The van der Waals surface area contributed by atoms with E-state index in [0.717, 1.165) is 36.3 Å². The minimum Gasteiger partial charge on any atom is -0.493 e. The fourth-order valence-corrected chi connectivity index (χ4v) is 5.34. The van der Waals surface area contributed by atoms with E-state index in [2.05, 4.69) is 49.5 Å². The Bertz CT molecular complexity index is 1270. The second kappa shape index (κ2) is 13.1. The normalized spacial score (nSPS) is 14.8. The number of hydrogen-bond acceptors (Lipinski definition) is 5. The van der Waals surface area contributed by atoms with Crippen molar-refractivity contribution >= 4 is 11.6 Å². The van der Waals surface area contributed by atoms with Crippen molar-refractivity contribution in [1.82, 2.24) is 5.32 Å². The van der Waals surface area contributed by atoms with Gasteiger partial charge in [-0.2, -0.15) is 0 Å². The molecule has 0 heterocycles. The van der Waals surface area contributed by atoms with Gasteiger partial charge in [-0.05, 0) is 73.1 Å². The van der Waals surface area contributed by atoms with Gasteiger partial charge in [-0.25, -0.2) is 0 Å². The van der Waals surface area contributed by atoms with Crippen molar-refractivity contribution in [2.45, 2.75) is 66.5 Å². The molecular weight excluding hydrogens is 510 g/mol. The number of aliphatic hydroxyl groups excluding tert-OH is 1. The molecule has 0 unspecified atom stereocenters. The number of aliphatic hydroxyl groups is 1. The first-order chi connectivity index (χ1) is 18.8. The smallest absolute Gasteiger partial charge is 0.142 e. The van der Waals surface area contributed by atoms with Crippen LogP contribution in [0.15, 0.2) is 48.5 Å². The molecule has 1 aliphatic rings. The van der Waals surface area contributed by atoms with E-state index in [1.165, 1.54) is 27.8 Å². The van der Waals surface area contributed by atoms with Gasteiger partial charge in [-0.3, -0.25) is 0 Å². The maximum atomic E-state index is 9.55. The first kappa shape index (κ1) is 29.3. The summed E-state index contributed by atoms with van der Waals surface area (Å²) in [5, 5.41) is 13.5. The van der Waals surface area contributed by atoms with E-state index in [0.29, 0.717) is 37.1 Å². The predicted molar refractivity (Wildman–Crippen MR) is 159 cm³/mol. The number of nitrogens with one attached hydrogen (secondary N) is 1. The van der Waals surface area contributed by atoms with Crippen LogP contribution in [0.25, 0.3) is 11.1 Å². The molecule has 4 rings (SSSR count). The van der Waals surface area contributed by atoms with E-state index in [4.69, 9.17) is 25.8 Å². The Kier molecular flexibility index (Phi) is 9.81. The minimum absolute atomic E-state index is 0.0823. The highest BCUT2D eigenvalue weighted by atomic mass is 35.5. The number of ether oxygens (including phenoxy) is 3. The molecule has 3 aromatic rings. The molecule has 1 atom stereocenters. The molecule has 0 fully saturated rings. The molecule has 5 nitrogen and oxygen atoms in total. The summed E-state index contributed by atoms with van der Waals surface area (Å²) in [5.41, 5.74) is 6.92. The van der Waals surface area contributed by atoms with Crippen molar-refractivity contribution < 1.29 is 19.3 Å². The van der Waals surface area contributed by atoms with Crippen LogP contribution in [0.4, 0.5) is 0 Å². The van der Waals surface area contributed by atoms with E-state index in [1.807, 2.05) is 39.0 Å². The lowest BCUT2D eigenvalue weighted by molar-refractivity contribution is 0.156. The second-order valence-electron chi connectivity index (χ2n) is 11.0. The Labute approximate surface area is 238 Å². The molecule has 3 aromatic carbocycles. The lowest BCUT2D eigenvalue weighted by Crippen LogP contribution is -2.32. The quantitative estimate of drug-likeness (QED) is 0.228. The highest BCUT2D eigenvalue weighted by Crippen LogP contribution is 2.44. The first-order valence-corrected chi connectivity index (χ1v) is 14.4. The molecule has 0 saturated carbocycles.